The Hall–Kier alpha value is -1.60. The molecule has 0 saturated carbocycles. The standard InChI is InChI=1S/C11H14N2O4S/c1-11(8-18(15,16)17)7-13(12-10(11)14)9-5-3-2-4-6-9/h2-6H,7-8H2,1H3,(H,12,14)(H,15,16,17). The van der Waals surface area contributed by atoms with Gasteiger partial charge in [-0.05, 0) is 19.1 Å². The maximum Gasteiger partial charge on any atom is 0.265 e. The molecule has 98 valence electrons. The Morgan fingerprint density at radius 3 is 2.56 bits per heavy atom. The number of hydrazine groups is 1. The first-order valence-corrected chi connectivity index (χ1v) is 7.00. The molecular weight excluding hydrogens is 256 g/mol. The molecule has 1 aromatic rings. The van der Waals surface area contributed by atoms with Crippen LogP contribution in [-0.2, 0) is 14.9 Å². The number of carbonyl (C=O) groups is 1. The van der Waals surface area contributed by atoms with Crippen LogP contribution in [0.1, 0.15) is 6.92 Å². The molecule has 1 atom stereocenters. The smallest absolute Gasteiger partial charge is 0.265 e. The van der Waals surface area contributed by atoms with E-state index in [4.69, 9.17) is 4.55 Å². The van der Waals surface area contributed by atoms with Crippen molar-refractivity contribution in [2.45, 2.75) is 6.92 Å². The van der Waals surface area contributed by atoms with Crippen LogP contribution in [0.25, 0.3) is 0 Å². The van der Waals surface area contributed by atoms with Crippen LogP contribution in [-0.4, -0.2) is 31.2 Å². The van der Waals surface area contributed by atoms with Crippen LogP contribution >= 0.6 is 0 Å². The van der Waals surface area contributed by atoms with E-state index in [1.807, 2.05) is 18.2 Å². The normalized spacial score (nSPS) is 24.1. The van der Waals surface area contributed by atoms with Gasteiger partial charge < -0.3 is 0 Å². The molecule has 1 heterocycles. The Balaban J connectivity index is 2.22. The molecule has 2 N–H and O–H groups in total. The van der Waals surface area contributed by atoms with Crippen molar-refractivity contribution in [1.29, 1.82) is 0 Å². The molecule has 1 saturated heterocycles. The molecule has 0 bridgehead atoms. The summed E-state index contributed by atoms with van der Waals surface area (Å²) in [6, 6.07) is 9.09. The molecule has 1 amide bonds. The van der Waals surface area contributed by atoms with Gasteiger partial charge in [0.2, 0.25) is 5.91 Å². The van der Waals surface area contributed by atoms with Gasteiger partial charge in [0.15, 0.2) is 0 Å². The fraction of sp³-hybridized carbons (Fsp3) is 0.364. The van der Waals surface area contributed by atoms with Crippen LogP contribution in [0.15, 0.2) is 30.3 Å². The number of rotatable bonds is 3. The van der Waals surface area contributed by atoms with Crippen LogP contribution in [0.2, 0.25) is 0 Å². The van der Waals surface area contributed by atoms with E-state index in [0.29, 0.717) is 0 Å². The van der Waals surface area contributed by atoms with Gasteiger partial charge in [-0.25, -0.2) is 0 Å². The van der Waals surface area contributed by atoms with Gasteiger partial charge in [0.05, 0.1) is 23.4 Å². The summed E-state index contributed by atoms with van der Waals surface area (Å²) in [6.07, 6.45) is 0. The zero-order valence-electron chi connectivity index (χ0n) is 9.83. The molecule has 0 spiro atoms. The van der Waals surface area contributed by atoms with Crippen LogP contribution in [0.4, 0.5) is 5.69 Å². The topological polar surface area (TPSA) is 86.7 Å². The number of amides is 1. The summed E-state index contributed by atoms with van der Waals surface area (Å²) in [4.78, 5) is 11.8. The summed E-state index contributed by atoms with van der Waals surface area (Å²) in [5.74, 6) is -1.00. The number of para-hydroxylation sites is 1. The molecule has 2 rings (SSSR count). The first-order chi connectivity index (χ1) is 8.30. The molecule has 1 unspecified atom stereocenters. The summed E-state index contributed by atoms with van der Waals surface area (Å²) in [5.41, 5.74) is 2.22. The second-order valence-corrected chi connectivity index (χ2v) is 6.10. The third kappa shape index (κ3) is 2.62. The van der Waals surface area contributed by atoms with Crippen LogP contribution in [0.3, 0.4) is 0 Å². The first kappa shape index (κ1) is 12.8. The van der Waals surface area contributed by atoms with Gasteiger partial charge in [-0.3, -0.25) is 19.8 Å². The van der Waals surface area contributed by atoms with Gasteiger partial charge in [0, 0.05) is 0 Å². The maximum atomic E-state index is 11.8. The number of nitrogens with zero attached hydrogens (tertiary/aromatic N) is 1. The monoisotopic (exact) mass is 270 g/mol. The fourth-order valence-corrected chi connectivity index (χ4v) is 3.02. The van der Waals surface area contributed by atoms with Crippen molar-refractivity contribution < 1.29 is 17.8 Å². The van der Waals surface area contributed by atoms with Gasteiger partial charge in [0.25, 0.3) is 10.1 Å². The predicted octanol–water partition coefficient (Wildman–Crippen LogP) is 0.432. The minimum atomic E-state index is -4.19. The Bertz CT molecular complexity index is 558. The largest absolute Gasteiger partial charge is 0.286 e. The van der Waals surface area contributed by atoms with Crippen molar-refractivity contribution in [2.24, 2.45) is 5.41 Å². The summed E-state index contributed by atoms with van der Waals surface area (Å²) in [6.45, 7) is 1.70. The lowest BCUT2D eigenvalue weighted by Crippen LogP contribution is -2.36. The number of hydrogen-bond acceptors (Lipinski definition) is 4. The summed E-state index contributed by atoms with van der Waals surface area (Å²) < 4.78 is 30.8. The van der Waals surface area contributed by atoms with E-state index in [-0.39, 0.29) is 6.54 Å². The number of nitrogens with one attached hydrogen (secondary N) is 1. The summed E-state index contributed by atoms with van der Waals surface area (Å²) >= 11 is 0. The first-order valence-electron chi connectivity index (χ1n) is 5.39. The number of carbonyl (C=O) groups excluding carboxylic acids is 1. The van der Waals surface area contributed by atoms with E-state index >= 15 is 0 Å². The second-order valence-electron chi connectivity index (χ2n) is 4.65. The molecule has 1 aromatic carbocycles. The molecule has 1 aliphatic heterocycles. The molecule has 1 aliphatic rings. The number of hydrogen-bond donors (Lipinski definition) is 2. The lowest BCUT2D eigenvalue weighted by molar-refractivity contribution is -0.125. The highest BCUT2D eigenvalue weighted by Crippen LogP contribution is 2.28. The zero-order chi connectivity index (χ0) is 13.4. The van der Waals surface area contributed by atoms with Crippen molar-refractivity contribution in [1.82, 2.24) is 5.43 Å². The van der Waals surface area contributed by atoms with E-state index in [9.17, 15) is 13.2 Å². The molecule has 0 aliphatic carbocycles. The molecular formula is C11H14N2O4S. The lowest BCUT2D eigenvalue weighted by atomic mass is 9.94. The van der Waals surface area contributed by atoms with E-state index in [0.717, 1.165) is 5.69 Å². The van der Waals surface area contributed by atoms with E-state index in [1.54, 1.807) is 17.1 Å². The predicted molar refractivity (Wildman–Crippen MR) is 66.5 cm³/mol. The van der Waals surface area contributed by atoms with Crippen molar-refractivity contribution >= 4 is 21.7 Å². The fourth-order valence-electron chi connectivity index (χ4n) is 2.00. The van der Waals surface area contributed by atoms with Crippen LogP contribution < -0.4 is 10.4 Å². The van der Waals surface area contributed by atoms with Gasteiger partial charge in [-0.1, -0.05) is 18.2 Å². The van der Waals surface area contributed by atoms with Crippen molar-refractivity contribution in [3.05, 3.63) is 30.3 Å². The third-order valence-electron chi connectivity index (χ3n) is 2.86. The van der Waals surface area contributed by atoms with Crippen LogP contribution in [0, 0.1) is 5.41 Å². The molecule has 1 fully saturated rings. The average molecular weight is 270 g/mol. The quantitative estimate of drug-likeness (QED) is 0.778. The second kappa shape index (κ2) is 4.25. The molecule has 18 heavy (non-hydrogen) atoms. The molecule has 0 radical (unpaired) electrons. The van der Waals surface area contributed by atoms with Crippen molar-refractivity contribution in [3.63, 3.8) is 0 Å². The van der Waals surface area contributed by atoms with Crippen molar-refractivity contribution in [3.8, 4) is 0 Å². The number of benzene rings is 1. The van der Waals surface area contributed by atoms with E-state index in [1.165, 1.54) is 6.92 Å². The van der Waals surface area contributed by atoms with Gasteiger partial charge in [-0.2, -0.15) is 8.42 Å². The summed E-state index contributed by atoms with van der Waals surface area (Å²) in [7, 11) is -4.19. The number of anilines is 1. The van der Waals surface area contributed by atoms with Crippen LogP contribution in [0.5, 0.6) is 0 Å². The van der Waals surface area contributed by atoms with Gasteiger partial charge in [-0.15, -0.1) is 0 Å². The lowest BCUT2D eigenvalue weighted by Gasteiger charge is -2.20. The Morgan fingerprint density at radius 1 is 1.39 bits per heavy atom. The molecule has 0 aromatic heterocycles. The van der Waals surface area contributed by atoms with Gasteiger partial charge >= 0.3 is 0 Å². The SMILES string of the molecule is CC1(CS(=O)(=O)O)CN(c2ccccc2)NC1=O. The highest BCUT2D eigenvalue weighted by molar-refractivity contribution is 7.85. The van der Waals surface area contributed by atoms with Gasteiger partial charge in [0.1, 0.15) is 0 Å². The Morgan fingerprint density at radius 2 is 2.00 bits per heavy atom. The van der Waals surface area contributed by atoms with E-state index < -0.39 is 27.2 Å². The minimum Gasteiger partial charge on any atom is -0.286 e. The minimum absolute atomic E-state index is 0.190. The van der Waals surface area contributed by atoms with Crippen molar-refractivity contribution in [2.75, 3.05) is 17.3 Å². The third-order valence-corrected chi connectivity index (χ3v) is 3.86. The molecule has 6 nitrogen and oxygen atoms in total. The molecule has 7 heteroatoms. The highest BCUT2D eigenvalue weighted by atomic mass is 32.2. The van der Waals surface area contributed by atoms with E-state index in [2.05, 4.69) is 5.43 Å². The maximum absolute atomic E-state index is 11.8. The zero-order valence-corrected chi connectivity index (χ0v) is 10.6. The highest BCUT2D eigenvalue weighted by Gasteiger charge is 2.45. The average Bonchev–Trinajstić information content (AvgIpc) is 2.54. The Kier molecular flexibility index (Phi) is 3.04. The summed E-state index contributed by atoms with van der Waals surface area (Å²) in [5, 5.41) is 1.58. The Labute approximate surface area is 105 Å².